The molecule has 2 unspecified atom stereocenters. The van der Waals surface area contributed by atoms with Gasteiger partial charge in [-0.15, -0.1) is 0 Å². The van der Waals surface area contributed by atoms with Gasteiger partial charge in [-0.1, -0.05) is 13.3 Å². The molecule has 116 valence electrons. The lowest BCUT2D eigenvalue weighted by atomic mass is 10.1. The summed E-state index contributed by atoms with van der Waals surface area (Å²) < 4.78 is 5.57. The van der Waals surface area contributed by atoms with Gasteiger partial charge in [0, 0.05) is 12.1 Å². The first-order valence-electron chi connectivity index (χ1n) is 7.88. The molecule has 0 bridgehead atoms. The van der Waals surface area contributed by atoms with Gasteiger partial charge >= 0.3 is 0 Å². The lowest BCUT2D eigenvalue weighted by molar-refractivity contribution is 0.0945. The summed E-state index contributed by atoms with van der Waals surface area (Å²) in [6, 6.07) is 7.26. The molecule has 4 nitrogen and oxygen atoms in total. The molecule has 4 heteroatoms. The van der Waals surface area contributed by atoms with E-state index in [-0.39, 0.29) is 12.0 Å². The van der Waals surface area contributed by atoms with Gasteiger partial charge in [0.25, 0.3) is 5.91 Å². The Morgan fingerprint density at radius 2 is 2.10 bits per heavy atom. The Morgan fingerprint density at radius 3 is 2.71 bits per heavy atom. The van der Waals surface area contributed by atoms with Crippen LogP contribution in [0.15, 0.2) is 24.3 Å². The number of hydrogen-bond donors (Lipinski definition) is 2. The molecule has 0 aliphatic heterocycles. The fourth-order valence-electron chi connectivity index (χ4n) is 2.61. The first kappa shape index (κ1) is 15.8. The van der Waals surface area contributed by atoms with E-state index in [1.54, 1.807) is 12.1 Å². The number of unbranched alkanes of at least 4 members (excludes halogenated alkanes) is 1. The van der Waals surface area contributed by atoms with Crippen molar-refractivity contribution >= 4 is 5.91 Å². The molecule has 1 aromatic rings. The zero-order valence-corrected chi connectivity index (χ0v) is 12.7. The van der Waals surface area contributed by atoms with Gasteiger partial charge in [0.15, 0.2) is 0 Å². The number of carbonyl (C=O) groups is 1. The number of ether oxygens (including phenoxy) is 1. The van der Waals surface area contributed by atoms with Crippen molar-refractivity contribution in [3.63, 3.8) is 0 Å². The highest BCUT2D eigenvalue weighted by Crippen LogP contribution is 2.24. The van der Waals surface area contributed by atoms with E-state index in [0.717, 1.165) is 37.9 Å². The molecule has 2 rings (SSSR count). The van der Waals surface area contributed by atoms with Gasteiger partial charge in [-0.3, -0.25) is 4.79 Å². The van der Waals surface area contributed by atoms with Crippen LogP contribution in [-0.4, -0.2) is 30.3 Å². The van der Waals surface area contributed by atoms with Crippen LogP contribution >= 0.6 is 0 Å². The minimum atomic E-state index is -0.188. The summed E-state index contributed by atoms with van der Waals surface area (Å²) in [5.74, 6) is 1.15. The van der Waals surface area contributed by atoms with E-state index in [1.165, 1.54) is 0 Å². The molecular formula is C17H25NO3. The van der Waals surface area contributed by atoms with Crippen LogP contribution in [0.5, 0.6) is 5.75 Å². The average Bonchev–Trinajstić information content (AvgIpc) is 2.91. The van der Waals surface area contributed by atoms with Gasteiger partial charge in [-0.2, -0.15) is 0 Å². The zero-order valence-electron chi connectivity index (χ0n) is 12.7. The second kappa shape index (κ2) is 8.03. The van der Waals surface area contributed by atoms with Crippen molar-refractivity contribution in [2.24, 2.45) is 5.92 Å². The van der Waals surface area contributed by atoms with Gasteiger partial charge in [0.1, 0.15) is 5.75 Å². The van der Waals surface area contributed by atoms with E-state index < -0.39 is 0 Å². The summed E-state index contributed by atoms with van der Waals surface area (Å²) in [6.07, 6.45) is 4.60. The van der Waals surface area contributed by atoms with Crippen molar-refractivity contribution in [1.82, 2.24) is 5.32 Å². The summed E-state index contributed by atoms with van der Waals surface area (Å²) >= 11 is 0. The maximum absolute atomic E-state index is 12.0. The van der Waals surface area contributed by atoms with E-state index in [9.17, 15) is 9.90 Å². The smallest absolute Gasteiger partial charge is 0.251 e. The zero-order chi connectivity index (χ0) is 15.1. The largest absolute Gasteiger partial charge is 0.494 e. The number of benzene rings is 1. The Hall–Kier alpha value is -1.55. The Kier molecular flexibility index (Phi) is 6.05. The molecule has 0 saturated heterocycles. The van der Waals surface area contributed by atoms with Crippen molar-refractivity contribution < 1.29 is 14.6 Å². The topological polar surface area (TPSA) is 58.6 Å². The average molecular weight is 291 g/mol. The standard InChI is InChI=1S/C17H25NO3/c1-2-3-10-21-16-8-5-14(6-9-16)17(20)18-12-13-4-7-15(19)11-13/h5-6,8-9,13,15,19H,2-4,7,10-12H2,1H3,(H,18,20). The van der Waals surface area contributed by atoms with Crippen LogP contribution < -0.4 is 10.1 Å². The highest BCUT2D eigenvalue weighted by Gasteiger charge is 2.23. The van der Waals surface area contributed by atoms with Gasteiger partial charge in [-0.25, -0.2) is 0 Å². The van der Waals surface area contributed by atoms with Crippen LogP contribution in [0.25, 0.3) is 0 Å². The maximum atomic E-state index is 12.0. The minimum absolute atomic E-state index is 0.0588. The van der Waals surface area contributed by atoms with Crippen molar-refractivity contribution in [3.8, 4) is 5.75 Å². The molecule has 0 radical (unpaired) electrons. The summed E-state index contributed by atoms with van der Waals surface area (Å²) in [4.78, 5) is 12.0. The Morgan fingerprint density at radius 1 is 1.33 bits per heavy atom. The van der Waals surface area contributed by atoms with Crippen LogP contribution in [0.2, 0.25) is 0 Å². The molecule has 1 aromatic carbocycles. The normalized spacial score (nSPS) is 21.2. The summed E-state index contributed by atoms with van der Waals surface area (Å²) in [6.45, 7) is 3.48. The monoisotopic (exact) mass is 291 g/mol. The molecule has 0 heterocycles. The third-order valence-electron chi connectivity index (χ3n) is 3.95. The summed E-state index contributed by atoms with van der Waals surface area (Å²) in [5, 5.41) is 12.4. The van der Waals surface area contributed by atoms with Crippen LogP contribution in [-0.2, 0) is 0 Å². The van der Waals surface area contributed by atoms with E-state index in [0.29, 0.717) is 24.6 Å². The first-order chi connectivity index (χ1) is 10.2. The molecule has 1 amide bonds. The Labute approximate surface area is 126 Å². The number of rotatable bonds is 7. The predicted molar refractivity (Wildman–Crippen MR) is 82.5 cm³/mol. The van der Waals surface area contributed by atoms with Crippen molar-refractivity contribution in [2.45, 2.75) is 45.1 Å². The SMILES string of the molecule is CCCCOc1ccc(C(=O)NCC2CCC(O)C2)cc1. The summed E-state index contributed by atoms with van der Waals surface area (Å²) in [7, 11) is 0. The molecule has 1 saturated carbocycles. The second-order valence-electron chi connectivity index (χ2n) is 5.77. The third-order valence-corrected chi connectivity index (χ3v) is 3.95. The molecule has 2 N–H and O–H groups in total. The molecular weight excluding hydrogens is 266 g/mol. The molecule has 0 spiro atoms. The van der Waals surface area contributed by atoms with E-state index in [1.807, 2.05) is 12.1 Å². The third kappa shape index (κ3) is 5.05. The predicted octanol–water partition coefficient (Wildman–Crippen LogP) is 2.76. The molecule has 1 aliphatic rings. The van der Waals surface area contributed by atoms with Crippen molar-refractivity contribution in [2.75, 3.05) is 13.2 Å². The highest BCUT2D eigenvalue weighted by atomic mass is 16.5. The molecule has 1 aliphatic carbocycles. The first-order valence-corrected chi connectivity index (χ1v) is 7.88. The van der Waals surface area contributed by atoms with Gasteiger partial charge < -0.3 is 15.2 Å². The lowest BCUT2D eigenvalue weighted by Crippen LogP contribution is -2.28. The minimum Gasteiger partial charge on any atom is -0.494 e. The molecule has 2 atom stereocenters. The van der Waals surface area contributed by atoms with Crippen molar-refractivity contribution in [3.05, 3.63) is 29.8 Å². The summed E-state index contributed by atoms with van der Waals surface area (Å²) in [5.41, 5.74) is 0.649. The number of amides is 1. The Balaban J connectivity index is 1.76. The van der Waals surface area contributed by atoms with Crippen molar-refractivity contribution in [1.29, 1.82) is 0 Å². The molecule has 21 heavy (non-hydrogen) atoms. The van der Waals surface area contributed by atoms with Gasteiger partial charge in [0.05, 0.1) is 12.7 Å². The maximum Gasteiger partial charge on any atom is 0.251 e. The molecule has 0 aromatic heterocycles. The fourth-order valence-corrected chi connectivity index (χ4v) is 2.61. The molecule has 1 fully saturated rings. The van der Waals surface area contributed by atoms with E-state index >= 15 is 0 Å². The number of aliphatic hydroxyl groups is 1. The quantitative estimate of drug-likeness (QED) is 0.759. The highest BCUT2D eigenvalue weighted by molar-refractivity contribution is 5.94. The van der Waals surface area contributed by atoms with Crippen LogP contribution in [0.3, 0.4) is 0 Å². The fraction of sp³-hybridized carbons (Fsp3) is 0.588. The van der Waals surface area contributed by atoms with Crippen LogP contribution in [0, 0.1) is 5.92 Å². The number of nitrogens with one attached hydrogen (secondary N) is 1. The number of hydrogen-bond acceptors (Lipinski definition) is 3. The lowest BCUT2D eigenvalue weighted by Gasteiger charge is -2.11. The second-order valence-corrected chi connectivity index (χ2v) is 5.77. The van der Waals surface area contributed by atoms with Crippen LogP contribution in [0.4, 0.5) is 0 Å². The van der Waals surface area contributed by atoms with E-state index in [2.05, 4.69) is 12.2 Å². The number of carbonyl (C=O) groups excluding carboxylic acids is 1. The van der Waals surface area contributed by atoms with Crippen LogP contribution in [0.1, 0.15) is 49.4 Å². The number of aliphatic hydroxyl groups excluding tert-OH is 1. The van der Waals surface area contributed by atoms with Gasteiger partial charge in [-0.05, 0) is 55.9 Å². The van der Waals surface area contributed by atoms with E-state index in [4.69, 9.17) is 4.74 Å². The van der Waals surface area contributed by atoms with Gasteiger partial charge in [0.2, 0.25) is 0 Å². The Bertz CT molecular complexity index is 444.